The normalized spacial score (nSPS) is 15.2. The molecule has 0 saturated heterocycles. The maximum atomic E-state index is 13.1. The molecule has 2 heterocycles. The fourth-order valence-corrected chi connectivity index (χ4v) is 4.31. The first kappa shape index (κ1) is 21.3. The van der Waals surface area contributed by atoms with E-state index in [1.54, 1.807) is 24.3 Å². The average molecular weight is 468 g/mol. The minimum absolute atomic E-state index is 0.114. The molecule has 1 aliphatic heterocycles. The van der Waals surface area contributed by atoms with Gasteiger partial charge in [-0.25, -0.2) is 4.98 Å². The van der Waals surface area contributed by atoms with Crippen LogP contribution in [0.15, 0.2) is 72.8 Å². The van der Waals surface area contributed by atoms with Crippen molar-refractivity contribution < 1.29 is 18.3 Å². The molecule has 8 heteroatoms. The monoisotopic (exact) mass is 467 g/mol. The topological polar surface area (TPSA) is 48.3 Å². The summed E-state index contributed by atoms with van der Waals surface area (Å²) in [6, 6.07) is 19.6. The van der Waals surface area contributed by atoms with E-state index in [-0.39, 0.29) is 5.75 Å². The molecule has 0 amide bonds. The first-order chi connectivity index (χ1) is 16.0. The van der Waals surface area contributed by atoms with Gasteiger partial charge in [0.25, 0.3) is 0 Å². The summed E-state index contributed by atoms with van der Waals surface area (Å²) in [6.45, 7) is -0.531. The third-order valence-electron chi connectivity index (χ3n) is 5.44. The van der Waals surface area contributed by atoms with Crippen molar-refractivity contribution in [1.29, 1.82) is 0 Å². The number of aromatic nitrogens is 2. The van der Waals surface area contributed by atoms with Crippen LogP contribution in [0.4, 0.5) is 14.7 Å². The van der Waals surface area contributed by atoms with Crippen LogP contribution in [0.5, 0.6) is 11.5 Å². The van der Waals surface area contributed by atoms with E-state index in [4.69, 9.17) is 26.1 Å². The number of nitrogens with zero attached hydrogens (tertiary/aromatic N) is 2. The van der Waals surface area contributed by atoms with Crippen LogP contribution in [0.25, 0.3) is 16.7 Å². The van der Waals surface area contributed by atoms with Crippen LogP contribution in [-0.2, 0) is 0 Å². The van der Waals surface area contributed by atoms with Crippen molar-refractivity contribution >= 4 is 34.3 Å². The van der Waals surface area contributed by atoms with Crippen LogP contribution in [0.3, 0.4) is 0 Å². The second-order valence-electron chi connectivity index (χ2n) is 7.44. The zero-order chi connectivity index (χ0) is 22.9. The van der Waals surface area contributed by atoms with E-state index in [9.17, 15) is 8.78 Å². The van der Waals surface area contributed by atoms with E-state index in [0.717, 1.165) is 22.3 Å². The van der Waals surface area contributed by atoms with Crippen LogP contribution < -0.4 is 14.8 Å². The zero-order valence-electron chi connectivity index (χ0n) is 17.6. The Labute approximate surface area is 194 Å². The fourth-order valence-electron chi connectivity index (χ4n) is 4.08. The number of alkyl halides is 2. The average Bonchev–Trinajstić information content (AvgIpc) is 3.18. The maximum Gasteiger partial charge on any atom is 0.387 e. The zero-order valence-corrected chi connectivity index (χ0v) is 18.4. The number of benzene rings is 3. The van der Waals surface area contributed by atoms with E-state index in [0.29, 0.717) is 28.9 Å². The molecule has 3 aromatic carbocycles. The largest absolute Gasteiger partial charge is 0.492 e. The number of rotatable bonds is 6. The Morgan fingerprint density at radius 3 is 2.64 bits per heavy atom. The van der Waals surface area contributed by atoms with E-state index < -0.39 is 12.7 Å². The first-order valence-corrected chi connectivity index (χ1v) is 10.8. The lowest BCUT2D eigenvalue weighted by Gasteiger charge is -2.28. The van der Waals surface area contributed by atoms with Gasteiger partial charge in [0.2, 0.25) is 5.95 Å². The summed E-state index contributed by atoms with van der Waals surface area (Å²) in [5.41, 5.74) is 3.82. The van der Waals surface area contributed by atoms with Crippen molar-refractivity contribution in [2.24, 2.45) is 0 Å². The number of hydrogen-bond donors (Lipinski definition) is 1. The van der Waals surface area contributed by atoms with Crippen molar-refractivity contribution in [2.45, 2.75) is 19.6 Å². The smallest absolute Gasteiger partial charge is 0.387 e. The van der Waals surface area contributed by atoms with Crippen molar-refractivity contribution in [1.82, 2.24) is 9.55 Å². The summed E-state index contributed by atoms with van der Waals surface area (Å²) in [5.74, 6) is 1.30. The van der Waals surface area contributed by atoms with Gasteiger partial charge in [-0.1, -0.05) is 41.9 Å². The molecular weight excluding hydrogens is 448 g/mol. The molecule has 0 bridgehead atoms. The number of hydrogen-bond acceptors (Lipinski definition) is 4. The number of nitrogens with one attached hydrogen (secondary N) is 1. The van der Waals surface area contributed by atoms with Crippen molar-refractivity contribution in [2.75, 3.05) is 11.9 Å². The number of para-hydroxylation sites is 3. The Bertz CT molecular complexity index is 1350. The van der Waals surface area contributed by atoms with Gasteiger partial charge in [-0.2, -0.15) is 8.78 Å². The van der Waals surface area contributed by atoms with E-state index in [2.05, 4.69) is 5.32 Å². The molecule has 1 aromatic heterocycles. The quantitative estimate of drug-likeness (QED) is 0.341. The number of ether oxygens (including phenoxy) is 2. The molecule has 0 aliphatic carbocycles. The van der Waals surface area contributed by atoms with Gasteiger partial charge in [-0.3, -0.25) is 4.57 Å². The lowest BCUT2D eigenvalue weighted by Crippen LogP contribution is -2.20. The van der Waals surface area contributed by atoms with Crippen LogP contribution >= 0.6 is 11.6 Å². The number of allylic oxidation sites excluding steroid dienone is 1. The van der Waals surface area contributed by atoms with Crippen LogP contribution in [0.1, 0.15) is 24.1 Å². The summed E-state index contributed by atoms with van der Waals surface area (Å²) in [6.07, 6.45) is 1.96. The highest BCUT2D eigenvalue weighted by atomic mass is 35.5. The van der Waals surface area contributed by atoms with Gasteiger partial charge in [0, 0.05) is 11.3 Å². The summed E-state index contributed by atoms with van der Waals surface area (Å²) >= 11 is 6.42. The van der Waals surface area contributed by atoms with Crippen molar-refractivity contribution in [3.63, 3.8) is 0 Å². The SMILES string of the molecule is CCOc1ccc(C2=C[C@@H](c3ccccc3OC(F)F)n3c(nc4ccccc43)N2)cc1Cl. The highest BCUT2D eigenvalue weighted by Crippen LogP contribution is 2.41. The molecule has 1 aliphatic rings. The Hall–Kier alpha value is -3.58. The molecule has 5 nitrogen and oxygen atoms in total. The number of anilines is 1. The van der Waals surface area contributed by atoms with E-state index >= 15 is 0 Å². The Morgan fingerprint density at radius 2 is 1.85 bits per heavy atom. The summed E-state index contributed by atoms with van der Waals surface area (Å²) in [4.78, 5) is 4.73. The molecule has 4 aromatic rings. The Balaban J connectivity index is 1.67. The van der Waals surface area contributed by atoms with Gasteiger partial charge < -0.3 is 14.8 Å². The molecule has 168 valence electrons. The highest BCUT2D eigenvalue weighted by molar-refractivity contribution is 6.32. The van der Waals surface area contributed by atoms with Gasteiger partial charge in [0.15, 0.2) is 0 Å². The molecule has 0 spiro atoms. The summed E-state index contributed by atoms with van der Waals surface area (Å²) in [7, 11) is 0. The molecule has 0 saturated carbocycles. The number of halogens is 3. The van der Waals surface area contributed by atoms with Crippen molar-refractivity contribution in [3.05, 3.63) is 89.0 Å². The second-order valence-corrected chi connectivity index (χ2v) is 7.85. The summed E-state index contributed by atoms with van der Waals surface area (Å²) < 4.78 is 38.7. The lowest BCUT2D eigenvalue weighted by atomic mass is 10.00. The molecular formula is C25H20ClF2N3O2. The highest BCUT2D eigenvalue weighted by Gasteiger charge is 2.28. The maximum absolute atomic E-state index is 13.1. The van der Waals surface area contributed by atoms with Gasteiger partial charge in [-0.15, -0.1) is 0 Å². The molecule has 0 radical (unpaired) electrons. The van der Waals surface area contributed by atoms with E-state index in [1.165, 1.54) is 0 Å². The fraction of sp³-hybridized carbons (Fsp3) is 0.160. The van der Waals surface area contributed by atoms with Crippen molar-refractivity contribution in [3.8, 4) is 11.5 Å². The van der Waals surface area contributed by atoms with Gasteiger partial charge in [-0.05, 0) is 55.0 Å². The van der Waals surface area contributed by atoms with Crippen LogP contribution in [-0.4, -0.2) is 22.8 Å². The standard InChI is InChI=1S/C25H20ClF2N3O2/c1-2-32-23-12-11-15(13-17(23)26)19-14-21(16-7-3-6-10-22(16)33-24(27)28)31-20-9-5-4-8-18(20)29-25(31)30-19/h3-14,21,24H,2H2,1H3,(H,29,30)/t21-/m0/s1. The van der Waals surface area contributed by atoms with Gasteiger partial charge in [0.1, 0.15) is 11.5 Å². The predicted molar refractivity (Wildman–Crippen MR) is 125 cm³/mol. The number of fused-ring (bicyclic) bond motifs is 3. The van der Waals surface area contributed by atoms with Gasteiger partial charge >= 0.3 is 6.61 Å². The molecule has 0 unspecified atom stereocenters. The Kier molecular flexibility index (Phi) is 5.64. The third kappa shape index (κ3) is 4.00. The summed E-state index contributed by atoms with van der Waals surface area (Å²) in [5, 5.41) is 3.85. The minimum atomic E-state index is -2.93. The predicted octanol–water partition coefficient (Wildman–Crippen LogP) is 6.75. The van der Waals surface area contributed by atoms with Crippen LogP contribution in [0, 0.1) is 0 Å². The number of imidazole rings is 1. The lowest BCUT2D eigenvalue weighted by molar-refractivity contribution is -0.0505. The molecule has 33 heavy (non-hydrogen) atoms. The Morgan fingerprint density at radius 1 is 1.06 bits per heavy atom. The van der Waals surface area contributed by atoms with Crippen LogP contribution in [0.2, 0.25) is 5.02 Å². The molecule has 5 rings (SSSR count). The molecule has 1 N–H and O–H groups in total. The first-order valence-electron chi connectivity index (χ1n) is 10.5. The van der Waals surface area contributed by atoms with Gasteiger partial charge in [0.05, 0.1) is 28.7 Å². The van der Waals surface area contributed by atoms with E-state index in [1.807, 2.05) is 60.0 Å². The molecule has 0 fully saturated rings. The third-order valence-corrected chi connectivity index (χ3v) is 5.74. The molecule has 1 atom stereocenters. The second kappa shape index (κ2) is 8.75. The minimum Gasteiger partial charge on any atom is -0.492 e.